The molecule has 0 aromatic heterocycles. The molecule has 0 unspecified atom stereocenters. The van der Waals surface area contributed by atoms with Crippen molar-refractivity contribution in [3.8, 4) is 0 Å². The van der Waals surface area contributed by atoms with Gasteiger partial charge in [0, 0.05) is 11.6 Å². The molecule has 0 spiro atoms. The van der Waals surface area contributed by atoms with Gasteiger partial charge in [0.25, 0.3) is 0 Å². The van der Waals surface area contributed by atoms with Crippen molar-refractivity contribution in [1.29, 1.82) is 0 Å². The van der Waals surface area contributed by atoms with Gasteiger partial charge in [-0.25, -0.2) is 8.78 Å². The van der Waals surface area contributed by atoms with Gasteiger partial charge in [0.15, 0.2) is 0 Å². The summed E-state index contributed by atoms with van der Waals surface area (Å²) in [6.07, 6.45) is 7.53. The average molecular weight is 316 g/mol. The number of nitrogens with one attached hydrogen (secondary N) is 1. The second-order valence-electron chi connectivity index (χ2n) is 4.51. The van der Waals surface area contributed by atoms with Crippen LogP contribution in [0.15, 0.2) is 28.8 Å². The summed E-state index contributed by atoms with van der Waals surface area (Å²) in [5.74, 6) is -0.993. The first-order valence-corrected chi connectivity index (χ1v) is 6.98. The van der Waals surface area contributed by atoms with Crippen LogP contribution < -0.4 is 5.32 Å². The van der Waals surface area contributed by atoms with E-state index in [4.69, 9.17) is 0 Å². The second kappa shape index (κ2) is 6.43. The standard InChI is InChI=1S/C14H16BrF2N/c15-12-7-8-13(16)11(14(12)17)4-2-1-3-9-18-10-5-6-10/h1-2,7-8,10,18H,3-6,9H2/b2-1+. The predicted octanol–water partition coefficient (Wildman–Crippen LogP) is 3.97. The van der Waals surface area contributed by atoms with Crippen LogP contribution in [0.3, 0.4) is 0 Å². The predicted molar refractivity (Wildman–Crippen MR) is 72.5 cm³/mol. The van der Waals surface area contributed by atoms with Crippen molar-refractivity contribution in [2.45, 2.75) is 31.7 Å². The summed E-state index contributed by atoms with van der Waals surface area (Å²) < 4.78 is 27.3. The van der Waals surface area contributed by atoms with Gasteiger partial charge < -0.3 is 5.32 Å². The van der Waals surface area contributed by atoms with E-state index in [1.165, 1.54) is 25.0 Å². The van der Waals surface area contributed by atoms with E-state index < -0.39 is 11.6 Å². The molecule has 2 rings (SSSR count). The maximum absolute atomic E-state index is 13.6. The first kappa shape index (κ1) is 13.7. The van der Waals surface area contributed by atoms with Gasteiger partial charge in [-0.3, -0.25) is 0 Å². The molecule has 1 N–H and O–H groups in total. The quantitative estimate of drug-likeness (QED) is 0.476. The number of rotatable bonds is 6. The minimum atomic E-state index is -0.504. The van der Waals surface area contributed by atoms with Crippen LogP contribution >= 0.6 is 15.9 Å². The maximum atomic E-state index is 13.6. The number of hydrogen-bond donors (Lipinski definition) is 1. The topological polar surface area (TPSA) is 12.0 Å². The second-order valence-corrected chi connectivity index (χ2v) is 5.37. The summed E-state index contributed by atoms with van der Waals surface area (Å²) in [6.45, 7) is 0.935. The minimum Gasteiger partial charge on any atom is -0.314 e. The molecule has 0 heterocycles. The van der Waals surface area contributed by atoms with Crippen molar-refractivity contribution in [2.24, 2.45) is 0 Å². The Morgan fingerprint density at radius 2 is 2.06 bits per heavy atom. The van der Waals surface area contributed by atoms with Gasteiger partial charge in [0.05, 0.1) is 4.47 Å². The van der Waals surface area contributed by atoms with E-state index in [0.717, 1.165) is 13.0 Å². The van der Waals surface area contributed by atoms with Crippen LogP contribution in [0, 0.1) is 11.6 Å². The van der Waals surface area contributed by atoms with E-state index in [1.807, 2.05) is 12.2 Å². The lowest BCUT2D eigenvalue weighted by Gasteiger charge is -2.03. The summed E-state index contributed by atoms with van der Waals surface area (Å²) >= 11 is 3.06. The molecule has 4 heteroatoms. The highest BCUT2D eigenvalue weighted by Gasteiger charge is 2.19. The zero-order chi connectivity index (χ0) is 13.0. The Morgan fingerprint density at radius 1 is 1.28 bits per heavy atom. The number of hydrogen-bond acceptors (Lipinski definition) is 1. The third-order valence-electron chi connectivity index (χ3n) is 2.95. The van der Waals surface area contributed by atoms with Gasteiger partial charge in [-0.05, 0) is 60.3 Å². The normalized spacial score (nSPS) is 15.5. The fourth-order valence-corrected chi connectivity index (χ4v) is 2.10. The van der Waals surface area contributed by atoms with Crippen LogP contribution in [0.1, 0.15) is 24.8 Å². The summed E-state index contributed by atoms with van der Waals surface area (Å²) in [7, 11) is 0. The van der Waals surface area contributed by atoms with Gasteiger partial charge >= 0.3 is 0 Å². The molecule has 0 radical (unpaired) electrons. The van der Waals surface area contributed by atoms with Crippen molar-refractivity contribution in [3.63, 3.8) is 0 Å². The Morgan fingerprint density at radius 3 is 2.78 bits per heavy atom. The zero-order valence-corrected chi connectivity index (χ0v) is 11.6. The lowest BCUT2D eigenvalue weighted by atomic mass is 10.1. The van der Waals surface area contributed by atoms with Crippen LogP contribution in [0.4, 0.5) is 8.78 Å². The molecule has 18 heavy (non-hydrogen) atoms. The zero-order valence-electron chi connectivity index (χ0n) is 10.1. The number of benzene rings is 1. The van der Waals surface area contributed by atoms with E-state index in [1.54, 1.807) is 0 Å². The van der Waals surface area contributed by atoms with Crippen molar-refractivity contribution in [2.75, 3.05) is 6.54 Å². The molecule has 1 nitrogen and oxygen atoms in total. The van der Waals surface area contributed by atoms with Crippen LogP contribution in [-0.4, -0.2) is 12.6 Å². The van der Waals surface area contributed by atoms with Crippen LogP contribution in [0.25, 0.3) is 0 Å². The van der Waals surface area contributed by atoms with Gasteiger partial charge in [-0.1, -0.05) is 12.2 Å². The van der Waals surface area contributed by atoms with E-state index in [-0.39, 0.29) is 5.56 Å². The maximum Gasteiger partial charge on any atom is 0.143 e. The van der Waals surface area contributed by atoms with E-state index in [2.05, 4.69) is 21.2 Å². The molecule has 0 bridgehead atoms. The fourth-order valence-electron chi connectivity index (χ4n) is 1.73. The van der Waals surface area contributed by atoms with Crippen molar-refractivity contribution in [1.82, 2.24) is 5.32 Å². The SMILES string of the molecule is Fc1ccc(Br)c(F)c1C/C=C/CCNC1CC1. The lowest BCUT2D eigenvalue weighted by Crippen LogP contribution is -2.16. The van der Waals surface area contributed by atoms with E-state index in [9.17, 15) is 8.78 Å². The molecule has 1 aliphatic rings. The fraction of sp³-hybridized carbons (Fsp3) is 0.429. The summed E-state index contributed by atoms with van der Waals surface area (Å²) in [5.41, 5.74) is 0.121. The molecule has 1 aliphatic carbocycles. The van der Waals surface area contributed by atoms with Gasteiger partial charge in [0.1, 0.15) is 11.6 Å². The van der Waals surface area contributed by atoms with Crippen LogP contribution in [-0.2, 0) is 6.42 Å². The molecule has 0 saturated heterocycles. The molecule has 1 aromatic carbocycles. The Balaban J connectivity index is 1.81. The molecule has 98 valence electrons. The highest BCUT2D eigenvalue weighted by molar-refractivity contribution is 9.10. The molecular formula is C14H16BrF2N. The molecule has 1 aromatic rings. The minimum absolute atomic E-state index is 0.121. The number of halogens is 3. The average Bonchev–Trinajstić information content (AvgIpc) is 3.16. The Hall–Kier alpha value is -0.740. The van der Waals surface area contributed by atoms with Crippen molar-refractivity contribution in [3.05, 3.63) is 46.0 Å². The van der Waals surface area contributed by atoms with Crippen molar-refractivity contribution >= 4 is 15.9 Å². The summed E-state index contributed by atoms with van der Waals surface area (Å²) in [6, 6.07) is 3.38. The first-order valence-electron chi connectivity index (χ1n) is 6.19. The van der Waals surface area contributed by atoms with E-state index in [0.29, 0.717) is 16.9 Å². The third-order valence-corrected chi connectivity index (χ3v) is 3.56. The van der Waals surface area contributed by atoms with Crippen molar-refractivity contribution < 1.29 is 8.78 Å². The Labute approximate surface area is 114 Å². The van der Waals surface area contributed by atoms with Crippen LogP contribution in [0.2, 0.25) is 0 Å². The molecule has 0 aliphatic heterocycles. The molecule has 1 fully saturated rings. The highest BCUT2D eigenvalue weighted by atomic mass is 79.9. The monoisotopic (exact) mass is 315 g/mol. The third kappa shape index (κ3) is 3.89. The van der Waals surface area contributed by atoms with E-state index >= 15 is 0 Å². The molecule has 0 atom stereocenters. The van der Waals surface area contributed by atoms with Crippen LogP contribution in [0.5, 0.6) is 0 Å². The summed E-state index contributed by atoms with van der Waals surface area (Å²) in [5, 5.41) is 3.38. The largest absolute Gasteiger partial charge is 0.314 e. The Kier molecular flexibility index (Phi) is 4.89. The smallest absolute Gasteiger partial charge is 0.143 e. The van der Waals surface area contributed by atoms with Gasteiger partial charge in [0.2, 0.25) is 0 Å². The molecule has 0 amide bonds. The summed E-state index contributed by atoms with van der Waals surface area (Å²) in [4.78, 5) is 0. The molecular weight excluding hydrogens is 300 g/mol. The lowest BCUT2D eigenvalue weighted by molar-refractivity contribution is 0.558. The van der Waals surface area contributed by atoms with Gasteiger partial charge in [-0.15, -0.1) is 0 Å². The first-order chi connectivity index (χ1) is 8.68. The number of allylic oxidation sites excluding steroid dienone is 1. The van der Waals surface area contributed by atoms with Gasteiger partial charge in [-0.2, -0.15) is 0 Å². The Bertz CT molecular complexity index is 442. The molecule has 1 saturated carbocycles. The highest BCUT2D eigenvalue weighted by Crippen LogP contribution is 2.22.